The second-order valence-corrected chi connectivity index (χ2v) is 5.01. The molecule has 0 aromatic carbocycles. The molecule has 0 saturated heterocycles. The number of hydrogen-bond donors (Lipinski definition) is 3. The molecule has 0 spiro atoms. The molecule has 0 bridgehead atoms. The standard InChI is InChI=1S/C14H28N4O3/c1-3-20-9-5-8-16-13(15)17-10-12(11-6-7-11)18-14(19)21-4-2/h11-12H,3-10H2,1-2H3,(H,18,19)(H3,15,16,17). The van der Waals surface area contributed by atoms with Gasteiger partial charge in [-0.2, -0.15) is 0 Å². The van der Waals surface area contributed by atoms with E-state index in [1.54, 1.807) is 6.92 Å². The van der Waals surface area contributed by atoms with E-state index in [-0.39, 0.29) is 12.1 Å². The van der Waals surface area contributed by atoms with E-state index < -0.39 is 0 Å². The summed E-state index contributed by atoms with van der Waals surface area (Å²) in [5.41, 5.74) is 5.80. The molecule has 21 heavy (non-hydrogen) atoms. The van der Waals surface area contributed by atoms with Crippen LogP contribution in [0.3, 0.4) is 0 Å². The van der Waals surface area contributed by atoms with Crippen molar-refractivity contribution in [3.8, 4) is 0 Å². The number of ether oxygens (including phenoxy) is 2. The number of carbonyl (C=O) groups excluding carboxylic acids is 1. The van der Waals surface area contributed by atoms with Gasteiger partial charge in [-0.1, -0.05) is 0 Å². The van der Waals surface area contributed by atoms with Gasteiger partial charge < -0.3 is 25.8 Å². The molecule has 0 aromatic rings. The van der Waals surface area contributed by atoms with Gasteiger partial charge in [0.15, 0.2) is 5.96 Å². The minimum Gasteiger partial charge on any atom is -0.450 e. The van der Waals surface area contributed by atoms with E-state index in [2.05, 4.69) is 15.6 Å². The topological polar surface area (TPSA) is 98.0 Å². The summed E-state index contributed by atoms with van der Waals surface area (Å²) in [6.07, 6.45) is 2.74. The van der Waals surface area contributed by atoms with Crippen molar-refractivity contribution >= 4 is 12.1 Å². The van der Waals surface area contributed by atoms with Crippen molar-refractivity contribution in [1.29, 1.82) is 0 Å². The smallest absolute Gasteiger partial charge is 0.407 e. The first kappa shape index (κ1) is 17.6. The van der Waals surface area contributed by atoms with Crippen LogP contribution in [0, 0.1) is 5.92 Å². The van der Waals surface area contributed by atoms with Crippen LogP contribution in [-0.2, 0) is 9.47 Å². The Hall–Kier alpha value is -1.50. The average Bonchev–Trinajstić information content (AvgIpc) is 3.28. The number of guanidine groups is 1. The number of rotatable bonds is 10. The Labute approximate surface area is 126 Å². The van der Waals surface area contributed by atoms with Crippen molar-refractivity contribution in [2.75, 3.05) is 32.9 Å². The summed E-state index contributed by atoms with van der Waals surface area (Å²) in [7, 11) is 0. The number of alkyl carbamates (subject to hydrolysis) is 1. The van der Waals surface area contributed by atoms with Crippen LogP contribution in [0.1, 0.15) is 33.1 Å². The summed E-state index contributed by atoms with van der Waals surface area (Å²) in [5, 5.41) is 5.89. The lowest BCUT2D eigenvalue weighted by molar-refractivity contribution is 0.145. The molecule has 7 nitrogen and oxygen atoms in total. The van der Waals surface area contributed by atoms with Crippen LogP contribution in [0.5, 0.6) is 0 Å². The first-order valence-electron chi connectivity index (χ1n) is 7.72. The van der Waals surface area contributed by atoms with Crippen LogP contribution in [0.2, 0.25) is 0 Å². The predicted molar refractivity (Wildman–Crippen MR) is 82.3 cm³/mol. The molecule has 1 fully saturated rings. The van der Waals surface area contributed by atoms with Crippen molar-refractivity contribution in [2.24, 2.45) is 16.6 Å². The van der Waals surface area contributed by atoms with Crippen molar-refractivity contribution in [3.05, 3.63) is 0 Å². The zero-order chi connectivity index (χ0) is 15.5. The van der Waals surface area contributed by atoms with E-state index >= 15 is 0 Å². The van der Waals surface area contributed by atoms with Gasteiger partial charge in [-0.25, -0.2) is 4.79 Å². The van der Waals surface area contributed by atoms with Gasteiger partial charge in [0.2, 0.25) is 0 Å². The molecule has 4 N–H and O–H groups in total. The molecule has 7 heteroatoms. The molecule has 0 aliphatic heterocycles. The Bertz CT molecular complexity index is 332. The molecule has 1 unspecified atom stereocenters. The average molecular weight is 300 g/mol. The summed E-state index contributed by atoms with van der Waals surface area (Å²) in [6.45, 7) is 6.78. The molecule has 1 rings (SSSR count). The predicted octanol–water partition coefficient (Wildman–Crippen LogP) is 0.842. The van der Waals surface area contributed by atoms with Gasteiger partial charge in [0, 0.05) is 19.8 Å². The van der Waals surface area contributed by atoms with Crippen LogP contribution in [0.4, 0.5) is 4.79 Å². The highest BCUT2D eigenvalue weighted by molar-refractivity contribution is 5.77. The monoisotopic (exact) mass is 300 g/mol. The second kappa shape index (κ2) is 10.3. The third-order valence-electron chi connectivity index (χ3n) is 3.20. The lowest BCUT2D eigenvalue weighted by Crippen LogP contribution is -2.40. The van der Waals surface area contributed by atoms with Crippen molar-refractivity contribution < 1.29 is 14.3 Å². The van der Waals surface area contributed by atoms with E-state index in [1.165, 1.54) is 0 Å². The third-order valence-corrected chi connectivity index (χ3v) is 3.20. The summed E-state index contributed by atoms with van der Waals surface area (Å²) in [6, 6.07) is 0.00725. The quantitative estimate of drug-likeness (QED) is 0.315. The maximum Gasteiger partial charge on any atom is 0.407 e. The molecule has 1 atom stereocenters. The summed E-state index contributed by atoms with van der Waals surface area (Å²) < 4.78 is 10.1. The lowest BCUT2D eigenvalue weighted by atomic mass is 10.2. The molecular formula is C14H28N4O3. The molecule has 0 aromatic heterocycles. The Morgan fingerprint density at radius 2 is 2.14 bits per heavy atom. The highest BCUT2D eigenvalue weighted by Crippen LogP contribution is 2.32. The Morgan fingerprint density at radius 1 is 1.38 bits per heavy atom. The molecule has 1 aliphatic carbocycles. The zero-order valence-electron chi connectivity index (χ0n) is 13.1. The van der Waals surface area contributed by atoms with Crippen molar-refractivity contribution in [2.45, 2.75) is 39.2 Å². The molecule has 1 amide bonds. The van der Waals surface area contributed by atoms with E-state index in [0.717, 1.165) is 32.4 Å². The Morgan fingerprint density at radius 3 is 2.76 bits per heavy atom. The Kier molecular flexibility index (Phi) is 8.57. The number of amides is 1. The first-order valence-corrected chi connectivity index (χ1v) is 7.72. The summed E-state index contributed by atoms with van der Waals surface area (Å²) in [4.78, 5) is 15.7. The van der Waals surface area contributed by atoms with Crippen molar-refractivity contribution in [3.63, 3.8) is 0 Å². The second-order valence-electron chi connectivity index (χ2n) is 5.01. The van der Waals surface area contributed by atoms with Crippen LogP contribution in [0.15, 0.2) is 4.99 Å². The molecular weight excluding hydrogens is 272 g/mol. The first-order chi connectivity index (χ1) is 10.2. The van der Waals surface area contributed by atoms with Crippen LogP contribution >= 0.6 is 0 Å². The number of nitrogens with two attached hydrogens (primary N) is 1. The number of carbonyl (C=O) groups is 1. The maximum absolute atomic E-state index is 11.5. The molecule has 0 radical (unpaired) electrons. The molecule has 0 heterocycles. The highest BCUT2D eigenvalue weighted by atomic mass is 16.5. The van der Waals surface area contributed by atoms with Gasteiger partial charge in [0.25, 0.3) is 0 Å². The van der Waals surface area contributed by atoms with Gasteiger partial charge in [0.05, 0.1) is 19.2 Å². The number of nitrogens with zero attached hydrogens (tertiary/aromatic N) is 1. The summed E-state index contributed by atoms with van der Waals surface area (Å²) >= 11 is 0. The Balaban J connectivity index is 2.24. The van der Waals surface area contributed by atoms with Crippen molar-refractivity contribution in [1.82, 2.24) is 10.6 Å². The van der Waals surface area contributed by atoms with Crippen LogP contribution in [0.25, 0.3) is 0 Å². The van der Waals surface area contributed by atoms with E-state index in [0.29, 0.717) is 31.6 Å². The van der Waals surface area contributed by atoms with E-state index in [4.69, 9.17) is 15.2 Å². The van der Waals surface area contributed by atoms with E-state index in [1.807, 2.05) is 6.92 Å². The van der Waals surface area contributed by atoms with Gasteiger partial charge >= 0.3 is 6.09 Å². The minimum absolute atomic E-state index is 0.00725. The third kappa shape index (κ3) is 8.39. The molecule has 122 valence electrons. The molecule has 1 aliphatic rings. The van der Waals surface area contributed by atoms with Gasteiger partial charge in [0.1, 0.15) is 0 Å². The minimum atomic E-state index is -0.382. The fourth-order valence-corrected chi connectivity index (χ4v) is 1.92. The van der Waals surface area contributed by atoms with Gasteiger partial charge in [-0.05, 0) is 39.0 Å². The largest absolute Gasteiger partial charge is 0.450 e. The van der Waals surface area contributed by atoms with E-state index in [9.17, 15) is 4.79 Å². The number of nitrogens with one attached hydrogen (secondary N) is 2. The van der Waals surface area contributed by atoms with Crippen LogP contribution < -0.4 is 16.4 Å². The number of hydrogen-bond acceptors (Lipinski definition) is 4. The maximum atomic E-state index is 11.5. The van der Waals surface area contributed by atoms with Crippen LogP contribution in [-0.4, -0.2) is 51.0 Å². The molecule has 1 saturated carbocycles. The summed E-state index contributed by atoms with van der Waals surface area (Å²) in [5.74, 6) is 0.895. The lowest BCUT2D eigenvalue weighted by Gasteiger charge is -2.16. The fraction of sp³-hybridized carbons (Fsp3) is 0.857. The fourth-order valence-electron chi connectivity index (χ4n) is 1.92. The highest BCUT2D eigenvalue weighted by Gasteiger charge is 2.32. The number of aliphatic imine (C=N–C) groups is 1. The normalized spacial score (nSPS) is 16.4. The zero-order valence-corrected chi connectivity index (χ0v) is 13.1. The van der Waals surface area contributed by atoms with Gasteiger partial charge in [-0.3, -0.25) is 4.99 Å². The SMILES string of the molecule is CCOCCCNC(N)=NCC(NC(=O)OCC)C1CC1. The van der Waals surface area contributed by atoms with Gasteiger partial charge in [-0.15, -0.1) is 0 Å².